The van der Waals surface area contributed by atoms with Crippen molar-refractivity contribution in [2.75, 3.05) is 25.6 Å². The summed E-state index contributed by atoms with van der Waals surface area (Å²) in [7, 11) is 3.29. The fourth-order valence-corrected chi connectivity index (χ4v) is 1.97. The lowest BCUT2D eigenvalue weighted by Crippen LogP contribution is -2.20. The maximum Gasteiger partial charge on any atom is 0.305 e. The van der Waals surface area contributed by atoms with Gasteiger partial charge in [-0.2, -0.15) is 5.26 Å². The van der Waals surface area contributed by atoms with Gasteiger partial charge in [-0.25, -0.2) is 0 Å². The molecule has 0 radical (unpaired) electrons. The van der Waals surface area contributed by atoms with Crippen LogP contribution in [0.5, 0.6) is 0 Å². The molecule has 0 aliphatic carbocycles. The summed E-state index contributed by atoms with van der Waals surface area (Å²) in [5.74, 6) is -0.209. The lowest BCUT2D eigenvalue weighted by molar-refractivity contribution is -0.140. The molecule has 0 aliphatic heterocycles. The molecule has 1 aromatic carbocycles. The number of carbonyl (C=O) groups is 1. The second-order valence-corrected chi connectivity index (χ2v) is 4.79. The zero-order valence-corrected chi connectivity index (χ0v) is 12.0. The molecule has 0 heterocycles. The maximum absolute atomic E-state index is 11.0. The molecule has 0 fully saturated rings. The van der Waals surface area contributed by atoms with Crippen molar-refractivity contribution in [3.8, 4) is 6.07 Å². The Morgan fingerprint density at radius 1 is 1.56 bits per heavy atom. The predicted octanol–water partition coefficient (Wildman–Crippen LogP) is 2.71. The number of rotatable bonds is 5. The number of esters is 1. The van der Waals surface area contributed by atoms with E-state index in [2.05, 4.69) is 26.7 Å². The molecular weight excluding hydrogens is 296 g/mol. The Labute approximate surface area is 115 Å². The fourth-order valence-electron chi connectivity index (χ4n) is 1.61. The summed E-state index contributed by atoms with van der Waals surface area (Å²) in [6.07, 6.45) is 1.09. The Balaban J connectivity index is 2.64. The smallest absolute Gasteiger partial charge is 0.305 e. The van der Waals surface area contributed by atoms with Gasteiger partial charge >= 0.3 is 5.97 Å². The summed E-state index contributed by atoms with van der Waals surface area (Å²) in [6.45, 7) is 0.700. The third-order valence-electron chi connectivity index (χ3n) is 2.59. The quantitative estimate of drug-likeness (QED) is 0.785. The highest BCUT2D eigenvalue weighted by molar-refractivity contribution is 9.10. The predicted molar refractivity (Wildman–Crippen MR) is 73.4 cm³/mol. The van der Waals surface area contributed by atoms with Gasteiger partial charge in [-0.1, -0.05) is 15.9 Å². The number of benzene rings is 1. The third-order valence-corrected chi connectivity index (χ3v) is 3.09. The lowest BCUT2D eigenvalue weighted by Gasteiger charge is -2.20. The van der Waals surface area contributed by atoms with Crippen molar-refractivity contribution in [3.63, 3.8) is 0 Å². The van der Waals surface area contributed by atoms with Gasteiger partial charge in [0.2, 0.25) is 0 Å². The molecular formula is C13H15BrN2O2. The lowest BCUT2D eigenvalue weighted by atomic mass is 10.1. The minimum absolute atomic E-state index is 0.209. The van der Waals surface area contributed by atoms with Crippen molar-refractivity contribution in [2.45, 2.75) is 12.8 Å². The minimum atomic E-state index is -0.209. The SMILES string of the molecule is COC(=O)CCCN(C)c1ccc(Br)cc1C#N. The van der Waals surface area contributed by atoms with Crippen LogP contribution in [0, 0.1) is 11.3 Å². The van der Waals surface area contributed by atoms with Crippen LogP contribution < -0.4 is 4.90 Å². The van der Waals surface area contributed by atoms with E-state index in [-0.39, 0.29) is 5.97 Å². The van der Waals surface area contributed by atoms with Gasteiger partial charge in [-0.3, -0.25) is 4.79 Å². The van der Waals surface area contributed by atoms with Crippen molar-refractivity contribution in [1.29, 1.82) is 5.26 Å². The fraction of sp³-hybridized carbons (Fsp3) is 0.385. The number of anilines is 1. The van der Waals surface area contributed by atoms with Crippen LogP contribution in [-0.4, -0.2) is 26.7 Å². The Morgan fingerprint density at radius 3 is 2.89 bits per heavy atom. The van der Waals surface area contributed by atoms with E-state index in [0.717, 1.165) is 10.2 Å². The van der Waals surface area contributed by atoms with Crippen LogP contribution in [0.25, 0.3) is 0 Å². The summed E-state index contributed by atoms with van der Waals surface area (Å²) >= 11 is 3.34. The summed E-state index contributed by atoms with van der Waals surface area (Å²) < 4.78 is 5.46. The molecule has 4 nitrogen and oxygen atoms in total. The zero-order valence-electron chi connectivity index (χ0n) is 10.4. The molecule has 0 bridgehead atoms. The monoisotopic (exact) mass is 310 g/mol. The number of hydrogen-bond acceptors (Lipinski definition) is 4. The second kappa shape index (κ2) is 7.02. The van der Waals surface area contributed by atoms with Crippen molar-refractivity contribution in [3.05, 3.63) is 28.2 Å². The van der Waals surface area contributed by atoms with Gasteiger partial charge in [0.05, 0.1) is 18.4 Å². The Morgan fingerprint density at radius 2 is 2.28 bits per heavy atom. The van der Waals surface area contributed by atoms with E-state index < -0.39 is 0 Å². The molecule has 5 heteroatoms. The molecule has 1 rings (SSSR count). The second-order valence-electron chi connectivity index (χ2n) is 3.87. The van der Waals surface area contributed by atoms with Gasteiger partial charge in [0.1, 0.15) is 6.07 Å². The van der Waals surface area contributed by atoms with Crippen molar-refractivity contribution in [1.82, 2.24) is 0 Å². The van der Waals surface area contributed by atoms with E-state index in [0.29, 0.717) is 24.9 Å². The molecule has 96 valence electrons. The molecule has 0 N–H and O–H groups in total. The third kappa shape index (κ3) is 4.04. The Bertz CT molecular complexity index is 469. The van der Waals surface area contributed by atoms with Crippen LogP contribution in [0.2, 0.25) is 0 Å². The van der Waals surface area contributed by atoms with Crippen molar-refractivity contribution < 1.29 is 9.53 Å². The van der Waals surface area contributed by atoms with Crippen molar-refractivity contribution in [2.24, 2.45) is 0 Å². The van der Waals surface area contributed by atoms with Crippen LogP contribution in [0.3, 0.4) is 0 Å². The minimum Gasteiger partial charge on any atom is -0.469 e. The number of nitrogens with zero attached hydrogens (tertiary/aromatic N) is 2. The van der Waals surface area contributed by atoms with Crippen molar-refractivity contribution >= 4 is 27.6 Å². The number of ether oxygens (including phenoxy) is 1. The number of methoxy groups -OCH3 is 1. The number of nitriles is 1. The Hall–Kier alpha value is -1.54. The van der Waals surface area contributed by atoms with E-state index in [1.165, 1.54) is 7.11 Å². The van der Waals surface area contributed by atoms with Crippen LogP contribution in [0.15, 0.2) is 22.7 Å². The first-order chi connectivity index (χ1) is 8.58. The van der Waals surface area contributed by atoms with Gasteiger partial charge in [0.15, 0.2) is 0 Å². The van der Waals surface area contributed by atoms with Gasteiger partial charge in [0.25, 0.3) is 0 Å². The van der Waals surface area contributed by atoms with Gasteiger partial charge in [-0.05, 0) is 24.6 Å². The molecule has 0 amide bonds. The first kappa shape index (κ1) is 14.5. The first-order valence-electron chi connectivity index (χ1n) is 5.56. The molecule has 0 atom stereocenters. The molecule has 0 saturated heterocycles. The van der Waals surface area contributed by atoms with Crippen LogP contribution in [0.1, 0.15) is 18.4 Å². The summed E-state index contributed by atoms with van der Waals surface area (Å²) in [5.41, 5.74) is 1.48. The molecule has 0 spiro atoms. The van der Waals surface area contributed by atoms with E-state index in [4.69, 9.17) is 5.26 Å². The molecule has 0 saturated carbocycles. The first-order valence-corrected chi connectivity index (χ1v) is 6.35. The largest absolute Gasteiger partial charge is 0.469 e. The zero-order chi connectivity index (χ0) is 13.5. The highest BCUT2D eigenvalue weighted by atomic mass is 79.9. The van der Waals surface area contributed by atoms with E-state index in [1.807, 2.05) is 24.1 Å². The standard InChI is InChI=1S/C13H15BrN2O2/c1-16(7-3-4-13(17)18-2)12-6-5-11(14)8-10(12)9-15/h5-6,8H,3-4,7H2,1-2H3. The Kier molecular flexibility index (Phi) is 5.66. The number of halogens is 1. The van der Waals surface area contributed by atoms with Crippen LogP contribution in [-0.2, 0) is 9.53 Å². The van der Waals surface area contributed by atoms with Gasteiger partial charge < -0.3 is 9.64 Å². The van der Waals surface area contributed by atoms with Gasteiger partial charge in [0, 0.05) is 24.5 Å². The normalized spacial score (nSPS) is 9.67. The van der Waals surface area contributed by atoms with Gasteiger partial charge in [-0.15, -0.1) is 0 Å². The molecule has 0 unspecified atom stereocenters. The summed E-state index contributed by atoms with van der Waals surface area (Å²) in [4.78, 5) is 13.0. The molecule has 1 aromatic rings. The van der Waals surface area contributed by atoms with Crippen LogP contribution >= 0.6 is 15.9 Å². The van der Waals surface area contributed by atoms with Crippen LogP contribution in [0.4, 0.5) is 5.69 Å². The maximum atomic E-state index is 11.0. The molecule has 0 aliphatic rings. The number of hydrogen-bond donors (Lipinski definition) is 0. The molecule has 18 heavy (non-hydrogen) atoms. The number of carbonyl (C=O) groups excluding carboxylic acids is 1. The highest BCUT2D eigenvalue weighted by Gasteiger charge is 2.08. The molecule has 0 aromatic heterocycles. The van der Waals surface area contributed by atoms with E-state index >= 15 is 0 Å². The average Bonchev–Trinajstić information content (AvgIpc) is 2.37. The van der Waals surface area contributed by atoms with E-state index in [1.54, 1.807) is 6.07 Å². The summed E-state index contributed by atoms with van der Waals surface area (Å²) in [6, 6.07) is 7.73. The highest BCUT2D eigenvalue weighted by Crippen LogP contribution is 2.23. The van der Waals surface area contributed by atoms with E-state index in [9.17, 15) is 4.79 Å². The topological polar surface area (TPSA) is 53.3 Å². The summed E-state index contributed by atoms with van der Waals surface area (Å²) in [5, 5.41) is 9.07. The average molecular weight is 311 g/mol.